The van der Waals surface area contributed by atoms with Crippen LogP contribution in [0.1, 0.15) is 29.5 Å². The normalized spacial score (nSPS) is 16.0. The summed E-state index contributed by atoms with van der Waals surface area (Å²) in [5.74, 6) is -0.501. The molecule has 3 aromatic heterocycles. The van der Waals surface area contributed by atoms with Crippen molar-refractivity contribution in [3.63, 3.8) is 0 Å². The standard InChI is InChI=1S/C15H17N5S.C2HF3O2/c1-3-13(21-10-1)11-19-8-4-12(5-9-19)14-17-18-15-16-6-2-7-20(14)15;3-2(4,5)1(6)7/h1-3,6-7,10,12H,4-5,8-9,11H2;(H,6,7). The third kappa shape index (κ3) is 5.04. The molecule has 0 saturated carbocycles. The number of carbonyl (C=O) groups is 1. The summed E-state index contributed by atoms with van der Waals surface area (Å²) in [5, 5.41) is 17.8. The predicted octanol–water partition coefficient (Wildman–Crippen LogP) is 3.20. The van der Waals surface area contributed by atoms with Crippen LogP contribution in [0.4, 0.5) is 13.2 Å². The molecule has 0 atom stereocenters. The van der Waals surface area contributed by atoms with Gasteiger partial charge >= 0.3 is 12.1 Å². The van der Waals surface area contributed by atoms with Crippen molar-refractivity contribution in [1.82, 2.24) is 24.5 Å². The quantitative estimate of drug-likeness (QED) is 0.710. The topological polar surface area (TPSA) is 83.6 Å². The van der Waals surface area contributed by atoms with E-state index in [-0.39, 0.29) is 0 Å². The second kappa shape index (κ2) is 8.65. The van der Waals surface area contributed by atoms with Crippen molar-refractivity contribution in [3.8, 4) is 0 Å². The van der Waals surface area contributed by atoms with Crippen LogP contribution in [0.3, 0.4) is 0 Å². The Kier molecular flexibility index (Phi) is 6.25. The van der Waals surface area contributed by atoms with Crippen LogP contribution < -0.4 is 0 Å². The molecule has 11 heteroatoms. The highest BCUT2D eigenvalue weighted by molar-refractivity contribution is 7.09. The minimum Gasteiger partial charge on any atom is -0.475 e. The van der Waals surface area contributed by atoms with E-state index in [9.17, 15) is 13.2 Å². The molecule has 7 nitrogen and oxygen atoms in total. The minimum atomic E-state index is -5.08. The maximum Gasteiger partial charge on any atom is 0.490 e. The number of alkyl halides is 3. The van der Waals surface area contributed by atoms with Crippen molar-refractivity contribution >= 4 is 23.1 Å². The van der Waals surface area contributed by atoms with Crippen LogP contribution in [0.5, 0.6) is 0 Å². The lowest BCUT2D eigenvalue weighted by molar-refractivity contribution is -0.192. The number of halogens is 3. The molecule has 0 spiro atoms. The molecule has 0 amide bonds. The molecule has 1 aliphatic heterocycles. The SMILES string of the molecule is O=C(O)C(F)(F)F.c1csc(CN2CCC(c3nnc4ncccn34)CC2)c1. The molecule has 28 heavy (non-hydrogen) atoms. The van der Waals surface area contributed by atoms with Gasteiger partial charge in [-0.15, -0.1) is 21.5 Å². The number of thiophene rings is 1. The lowest BCUT2D eigenvalue weighted by Crippen LogP contribution is -2.32. The molecule has 4 heterocycles. The number of hydrogen-bond donors (Lipinski definition) is 1. The van der Waals surface area contributed by atoms with Crippen LogP contribution in [-0.2, 0) is 11.3 Å². The van der Waals surface area contributed by atoms with Crippen molar-refractivity contribution in [2.75, 3.05) is 13.1 Å². The van der Waals surface area contributed by atoms with E-state index >= 15 is 0 Å². The molecule has 1 N–H and O–H groups in total. The number of aromatic nitrogens is 4. The molecule has 1 aliphatic rings. The molecule has 150 valence electrons. The van der Waals surface area contributed by atoms with E-state index in [0.717, 1.165) is 38.3 Å². The van der Waals surface area contributed by atoms with Crippen LogP contribution >= 0.6 is 11.3 Å². The molecule has 0 aliphatic carbocycles. The molecule has 1 fully saturated rings. The fourth-order valence-corrected chi connectivity index (χ4v) is 3.76. The number of carboxylic acids is 1. The Balaban J connectivity index is 0.000000279. The van der Waals surface area contributed by atoms with E-state index in [4.69, 9.17) is 9.90 Å². The summed E-state index contributed by atoms with van der Waals surface area (Å²) in [5.41, 5.74) is 0. The van der Waals surface area contributed by atoms with Crippen LogP contribution in [-0.4, -0.2) is 54.8 Å². The van der Waals surface area contributed by atoms with Gasteiger partial charge in [0.25, 0.3) is 5.78 Å². The average Bonchev–Trinajstić information content (AvgIpc) is 3.32. The Morgan fingerprint density at radius 3 is 2.57 bits per heavy atom. The summed E-state index contributed by atoms with van der Waals surface area (Å²) in [6.07, 6.45) is 0.968. The van der Waals surface area contributed by atoms with Gasteiger partial charge in [-0.3, -0.25) is 9.30 Å². The second-order valence-corrected chi connectivity index (χ2v) is 7.31. The number of piperidine rings is 1. The van der Waals surface area contributed by atoms with Gasteiger partial charge in [-0.05, 0) is 43.4 Å². The first kappa shape index (κ1) is 20.2. The Labute approximate surface area is 162 Å². The first-order chi connectivity index (χ1) is 13.3. The lowest BCUT2D eigenvalue weighted by Gasteiger charge is -2.30. The molecule has 3 aromatic rings. The molecule has 0 aromatic carbocycles. The molecule has 0 radical (unpaired) electrons. The third-order valence-corrected chi connectivity index (χ3v) is 5.23. The van der Waals surface area contributed by atoms with E-state index in [1.807, 2.05) is 28.0 Å². The summed E-state index contributed by atoms with van der Waals surface area (Å²) in [6, 6.07) is 6.28. The van der Waals surface area contributed by atoms with Crippen LogP contribution in [0.15, 0.2) is 36.0 Å². The molecule has 0 bridgehead atoms. The van der Waals surface area contributed by atoms with Gasteiger partial charge in [0.15, 0.2) is 0 Å². The maximum atomic E-state index is 10.6. The van der Waals surface area contributed by atoms with Crippen molar-refractivity contribution in [2.24, 2.45) is 0 Å². The Bertz CT molecular complexity index is 905. The monoisotopic (exact) mass is 413 g/mol. The van der Waals surface area contributed by atoms with Gasteiger partial charge < -0.3 is 5.11 Å². The highest BCUT2D eigenvalue weighted by Crippen LogP contribution is 2.28. The zero-order chi connectivity index (χ0) is 20.1. The van der Waals surface area contributed by atoms with E-state index < -0.39 is 12.1 Å². The maximum absolute atomic E-state index is 10.6. The van der Waals surface area contributed by atoms with Crippen molar-refractivity contribution in [1.29, 1.82) is 0 Å². The van der Waals surface area contributed by atoms with Crippen molar-refractivity contribution in [3.05, 3.63) is 46.7 Å². The van der Waals surface area contributed by atoms with Gasteiger partial charge in [0.05, 0.1) is 0 Å². The van der Waals surface area contributed by atoms with E-state index in [1.165, 1.54) is 4.88 Å². The van der Waals surface area contributed by atoms with Gasteiger partial charge in [0.1, 0.15) is 5.82 Å². The molecule has 1 saturated heterocycles. The van der Waals surface area contributed by atoms with Crippen molar-refractivity contribution in [2.45, 2.75) is 31.5 Å². The largest absolute Gasteiger partial charge is 0.490 e. The summed E-state index contributed by atoms with van der Waals surface area (Å²) >= 11 is 1.84. The molecular formula is C17H18F3N5O2S. The first-order valence-corrected chi connectivity index (χ1v) is 9.43. The zero-order valence-electron chi connectivity index (χ0n) is 14.7. The highest BCUT2D eigenvalue weighted by atomic mass is 32.1. The number of hydrogen-bond acceptors (Lipinski definition) is 6. The number of rotatable bonds is 3. The number of aliphatic carboxylic acids is 1. The average molecular weight is 413 g/mol. The fraction of sp³-hybridized carbons (Fsp3) is 0.412. The van der Waals surface area contributed by atoms with Gasteiger partial charge in [-0.2, -0.15) is 13.2 Å². The number of carboxylic acid groups (broad SMARTS) is 1. The molecular weight excluding hydrogens is 395 g/mol. The molecule has 4 rings (SSSR count). The summed E-state index contributed by atoms with van der Waals surface area (Å²) < 4.78 is 33.8. The summed E-state index contributed by atoms with van der Waals surface area (Å²) in [7, 11) is 0. The first-order valence-electron chi connectivity index (χ1n) is 8.55. The van der Waals surface area contributed by atoms with Crippen LogP contribution in [0.2, 0.25) is 0 Å². The number of fused-ring (bicyclic) bond motifs is 1. The van der Waals surface area contributed by atoms with E-state index in [1.54, 1.807) is 6.20 Å². The summed E-state index contributed by atoms with van der Waals surface area (Å²) in [6.45, 7) is 3.32. The predicted molar refractivity (Wildman–Crippen MR) is 96.0 cm³/mol. The van der Waals surface area contributed by atoms with Crippen LogP contribution in [0, 0.1) is 0 Å². The lowest BCUT2D eigenvalue weighted by atomic mass is 9.96. The Morgan fingerprint density at radius 1 is 1.25 bits per heavy atom. The zero-order valence-corrected chi connectivity index (χ0v) is 15.5. The molecule has 0 unspecified atom stereocenters. The van der Waals surface area contributed by atoms with E-state index in [0.29, 0.717) is 11.7 Å². The summed E-state index contributed by atoms with van der Waals surface area (Å²) in [4.78, 5) is 17.1. The minimum absolute atomic E-state index is 0.490. The van der Waals surface area contributed by atoms with E-state index in [2.05, 4.69) is 37.6 Å². The fourth-order valence-electron chi connectivity index (χ4n) is 3.01. The third-order valence-electron chi connectivity index (χ3n) is 4.37. The van der Waals surface area contributed by atoms with Gasteiger partial charge in [-0.25, -0.2) is 9.78 Å². The number of nitrogens with zero attached hydrogens (tertiary/aromatic N) is 5. The van der Waals surface area contributed by atoms with Gasteiger partial charge in [-0.1, -0.05) is 6.07 Å². The number of likely N-dealkylation sites (tertiary alicyclic amines) is 1. The highest BCUT2D eigenvalue weighted by Gasteiger charge is 2.38. The van der Waals surface area contributed by atoms with Gasteiger partial charge in [0, 0.05) is 29.7 Å². The Morgan fingerprint density at radius 2 is 1.96 bits per heavy atom. The second-order valence-electron chi connectivity index (χ2n) is 6.28. The van der Waals surface area contributed by atoms with Gasteiger partial charge in [0.2, 0.25) is 0 Å². The van der Waals surface area contributed by atoms with Crippen LogP contribution in [0.25, 0.3) is 5.78 Å². The smallest absolute Gasteiger partial charge is 0.475 e. The Hall–Kier alpha value is -2.53. The van der Waals surface area contributed by atoms with Crippen molar-refractivity contribution < 1.29 is 23.1 Å².